The van der Waals surface area contributed by atoms with E-state index in [9.17, 15) is 0 Å². The highest BCUT2D eigenvalue weighted by molar-refractivity contribution is 7.09. The van der Waals surface area contributed by atoms with Crippen molar-refractivity contribution < 1.29 is 0 Å². The SMILES string of the molecule is Cc1nc(CN[C@H](C)c2cccnc2)cs1. The van der Waals surface area contributed by atoms with E-state index in [1.165, 1.54) is 5.56 Å². The highest BCUT2D eigenvalue weighted by atomic mass is 32.1. The van der Waals surface area contributed by atoms with E-state index in [4.69, 9.17) is 0 Å². The molecule has 0 aliphatic heterocycles. The predicted molar refractivity (Wildman–Crippen MR) is 66.3 cm³/mol. The summed E-state index contributed by atoms with van der Waals surface area (Å²) in [4.78, 5) is 8.53. The smallest absolute Gasteiger partial charge is 0.0897 e. The first kappa shape index (κ1) is 11.2. The first-order valence-corrected chi connectivity index (χ1v) is 6.18. The maximum atomic E-state index is 4.42. The van der Waals surface area contributed by atoms with Gasteiger partial charge in [0.05, 0.1) is 10.7 Å². The Kier molecular flexibility index (Phi) is 3.64. The maximum absolute atomic E-state index is 4.42. The molecule has 0 aromatic carbocycles. The fourth-order valence-electron chi connectivity index (χ4n) is 1.50. The van der Waals surface area contributed by atoms with Crippen LogP contribution in [0.2, 0.25) is 0 Å². The number of nitrogens with zero attached hydrogens (tertiary/aromatic N) is 2. The maximum Gasteiger partial charge on any atom is 0.0897 e. The van der Waals surface area contributed by atoms with Crippen LogP contribution in [0.5, 0.6) is 0 Å². The fraction of sp³-hybridized carbons (Fsp3) is 0.333. The molecule has 0 aliphatic rings. The third-order valence-electron chi connectivity index (χ3n) is 2.44. The second-order valence-electron chi connectivity index (χ2n) is 3.75. The Morgan fingerprint density at radius 3 is 3.00 bits per heavy atom. The Balaban J connectivity index is 1.91. The largest absolute Gasteiger partial charge is 0.304 e. The topological polar surface area (TPSA) is 37.8 Å². The molecule has 0 amide bonds. The van der Waals surface area contributed by atoms with E-state index in [1.807, 2.05) is 19.2 Å². The standard InChI is InChI=1S/C12H15N3S/c1-9(11-4-3-5-13-6-11)14-7-12-8-16-10(2)15-12/h3-6,8-9,14H,7H2,1-2H3/t9-/m1/s1. The van der Waals surface area contributed by atoms with Crippen molar-refractivity contribution in [1.82, 2.24) is 15.3 Å². The molecule has 2 aromatic rings. The Hall–Kier alpha value is -1.26. The van der Waals surface area contributed by atoms with Crippen molar-refractivity contribution in [3.8, 4) is 0 Å². The van der Waals surface area contributed by atoms with Gasteiger partial charge in [0.1, 0.15) is 0 Å². The number of hydrogen-bond acceptors (Lipinski definition) is 4. The molecule has 2 heterocycles. The van der Waals surface area contributed by atoms with Gasteiger partial charge in [0.2, 0.25) is 0 Å². The normalized spacial score (nSPS) is 12.6. The summed E-state index contributed by atoms with van der Waals surface area (Å²) in [5, 5.41) is 6.64. The van der Waals surface area contributed by atoms with Crippen molar-refractivity contribution in [2.24, 2.45) is 0 Å². The molecule has 84 valence electrons. The van der Waals surface area contributed by atoms with Gasteiger partial charge in [-0.2, -0.15) is 0 Å². The predicted octanol–water partition coefficient (Wildman–Crippen LogP) is 2.70. The Bertz CT molecular complexity index is 439. The minimum atomic E-state index is 0.302. The van der Waals surface area contributed by atoms with Gasteiger partial charge in [-0.3, -0.25) is 4.98 Å². The quantitative estimate of drug-likeness (QED) is 0.882. The van der Waals surface area contributed by atoms with Crippen LogP contribution in [-0.2, 0) is 6.54 Å². The van der Waals surface area contributed by atoms with Crippen LogP contribution in [0.25, 0.3) is 0 Å². The molecule has 0 saturated carbocycles. The average Bonchev–Trinajstić information content (AvgIpc) is 2.73. The summed E-state index contributed by atoms with van der Waals surface area (Å²) < 4.78 is 0. The molecule has 2 aromatic heterocycles. The van der Waals surface area contributed by atoms with Crippen molar-refractivity contribution >= 4 is 11.3 Å². The molecule has 0 spiro atoms. The zero-order valence-electron chi connectivity index (χ0n) is 9.47. The zero-order valence-corrected chi connectivity index (χ0v) is 10.3. The van der Waals surface area contributed by atoms with Gasteiger partial charge in [-0.1, -0.05) is 6.07 Å². The van der Waals surface area contributed by atoms with E-state index < -0.39 is 0 Å². The molecular weight excluding hydrogens is 218 g/mol. The molecule has 1 N–H and O–H groups in total. The van der Waals surface area contributed by atoms with Gasteiger partial charge in [0.15, 0.2) is 0 Å². The zero-order chi connectivity index (χ0) is 11.4. The summed E-state index contributed by atoms with van der Waals surface area (Å²) in [5.74, 6) is 0. The molecule has 0 aliphatic carbocycles. The lowest BCUT2D eigenvalue weighted by atomic mass is 10.1. The lowest BCUT2D eigenvalue weighted by Gasteiger charge is -2.12. The van der Waals surface area contributed by atoms with Crippen LogP contribution in [0, 0.1) is 6.92 Å². The first-order chi connectivity index (χ1) is 7.75. The fourth-order valence-corrected chi connectivity index (χ4v) is 2.11. The number of aromatic nitrogens is 2. The van der Waals surface area contributed by atoms with Gasteiger partial charge in [-0.05, 0) is 25.5 Å². The molecule has 16 heavy (non-hydrogen) atoms. The van der Waals surface area contributed by atoms with Crippen molar-refractivity contribution in [2.75, 3.05) is 0 Å². The van der Waals surface area contributed by atoms with Crippen LogP contribution in [0.4, 0.5) is 0 Å². The van der Waals surface area contributed by atoms with E-state index in [0.29, 0.717) is 6.04 Å². The van der Waals surface area contributed by atoms with Gasteiger partial charge in [0, 0.05) is 30.4 Å². The number of thiazole rings is 1. The van der Waals surface area contributed by atoms with Crippen molar-refractivity contribution in [3.63, 3.8) is 0 Å². The van der Waals surface area contributed by atoms with Gasteiger partial charge in [-0.15, -0.1) is 11.3 Å². The molecule has 4 heteroatoms. The second-order valence-corrected chi connectivity index (χ2v) is 4.81. The lowest BCUT2D eigenvalue weighted by Crippen LogP contribution is -2.18. The Morgan fingerprint density at radius 1 is 1.50 bits per heavy atom. The average molecular weight is 233 g/mol. The summed E-state index contributed by atoms with van der Waals surface area (Å²) in [7, 11) is 0. The first-order valence-electron chi connectivity index (χ1n) is 5.30. The van der Waals surface area contributed by atoms with Gasteiger partial charge >= 0.3 is 0 Å². The number of rotatable bonds is 4. The van der Waals surface area contributed by atoms with Crippen LogP contribution in [0.3, 0.4) is 0 Å². The third-order valence-corrected chi connectivity index (χ3v) is 3.26. The molecule has 0 saturated heterocycles. The number of pyridine rings is 1. The highest BCUT2D eigenvalue weighted by Crippen LogP contribution is 2.12. The summed E-state index contributed by atoms with van der Waals surface area (Å²) in [6.07, 6.45) is 3.68. The van der Waals surface area contributed by atoms with E-state index in [2.05, 4.69) is 33.7 Å². The Morgan fingerprint density at radius 2 is 2.38 bits per heavy atom. The summed E-state index contributed by atoms with van der Waals surface area (Å²) in [5.41, 5.74) is 2.31. The van der Waals surface area contributed by atoms with Crippen molar-refractivity contribution in [2.45, 2.75) is 26.4 Å². The van der Waals surface area contributed by atoms with Crippen LogP contribution in [-0.4, -0.2) is 9.97 Å². The van der Waals surface area contributed by atoms with E-state index in [0.717, 1.165) is 17.2 Å². The van der Waals surface area contributed by atoms with Crippen LogP contribution in [0.1, 0.15) is 29.2 Å². The van der Waals surface area contributed by atoms with Crippen molar-refractivity contribution in [3.05, 3.63) is 46.2 Å². The number of nitrogens with one attached hydrogen (secondary N) is 1. The number of aryl methyl sites for hydroxylation is 1. The van der Waals surface area contributed by atoms with E-state index in [1.54, 1.807) is 17.5 Å². The van der Waals surface area contributed by atoms with Crippen LogP contribution >= 0.6 is 11.3 Å². The summed E-state index contributed by atoms with van der Waals surface area (Å²) in [6, 6.07) is 4.34. The number of hydrogen-bond donors (Lipinski definition) is 1. The molecular formula is C12H15N3S. The highest BCUT2D eigenvalue weighted by Gasteiger charge is 2.05. The molecule has 3 nitrogen and oxygen atoms in total. The molecule has 0 radical (unpaired) electrons. The monoisotopic (exact) mass is 233 g/mol. The summed E-state index contributed by atoms with van der Waals surface area (Å²) in [6.45, 7) is 4.97. The van der Waals surface area contributed by atoms with Crippen LogP contribution in [0.15, 0.2) is 29.9 Å². The van der Waals surface area contributed by atoms with Crippen LogP contribution < -0.4 is 5.32 Å². The van der Waals surface area contributed by atoms with E-state index in [-0.39, 0.29) is 0 Å². The molecule has 0 unspecified atom stereocenters. The molecule has 0 bridgehead atoms. The molecule has 0 fully saturated rings. The minimum absolute atomic E-state index is 0.302. The second kappa shape index (κ2) is 5.18. The lowest BCUT2D eigenvalue weighted by molar-refractivity contribution is 0.567. The molecule has 2 rings (SSSR count). The molecule has 1 atom stereocenters. The third kappa shape index (κ3) is 2.87. The van der Waals surface area contributed by atoms with Gasteiger partial charge in [-0.25, -0.2) is 4.98 Å². The Labute approximate surface area is 99.6 Å². The van der Waals surface area contributed by atoms with Gasteiger partial charge in [0.25, 0.3) is 0 Å². The van der Waals surface area contributed by atoms with Gasteiger partial charge < -0.3 is 5.32 Å². The minimum Gasteiger partial charge on any atom is -0.304 e. The van der Waals surface area contributed by atoms with Crippen molar-refractivity contribution in [1.29, 1.82) is 0 Å². The van der Waals surface area contributed by atoms with E-state index >= 15 is 0 Å². The summed E-state index contributed by atoms with van der Waals surface area (Å²) >= 11 is 1.69.